The maximum Gasteiger partial charge on any atom is 0.303 e. The van der Waals surface area contributed by atoms with Gasteiger partial charge in [0.2, 0.25) is 0 Å². The monoisotopic (exact) mass is 147 g/mol. The second-order valence-corrected chi connectivity index (χ2v) is 1.96. The maximum atomic E-state index is 9.96. The minimum Gasteiger partial charge on any atom is -0.481 e. The summed E-state index contributed by atoms with van der Waals surface area (Å²) < 4.78 is 0. The summed E-state index contributed by atoms with van der Waals surface area (Å²) >= 11 is 0. The predicted octanol–water partition coefficient (Wildman–Crippen LogP) is -0.590. The molecule has 0 atom stereocenters. The first-order chi connectivity index (χ1) is 4.70. The summed E-state index contributed by atoms with van der Waals surface area (Å²) in [4.78, 5) is 9.96. The van der Waals surface area contributed by atoms with Gasteiger partial charge in [-0.15, -0.1) is 0 Å². The third kappa shape index (κ3) is 4.29. The Morgan fingerprint density at radius 3 is 1.90 bits per heavy atom. The number of rotatable bonds is 5. The molecule has 3 N–H and O–H groups in total. The van der Waals surface area contributed by atoms with E-state index in [1.165, 1.54) is 0 Å². The number of hydrogen-bond donors (Lipinski definition) is 3. The van der Waals surface area contributed by atoms with E-state index < -0.39 is 5.97 Å². The number of aliphatic hydroxyl groups excluding tert-OH is 2. The molecule has 0 aromatic carbocycles. The number of hydrogen-bond acceptors (Lipinski definition) is 3. The highest BCUT2D eigenvalue weighted by molar-refractivity contribution is 5.66. The summed E-state index contributed by atoms with van der Waals surface area (Å²) in [6.45, 7) is -0.465. The highest BCUT2D eigenvalue weighted by atomic mass is 16.4. The summed E-state index contributed by atoms with van der Waals surface area (Å²) in [6.07, 6.45) is 0.221. The zero-order valence-corrected chi connectivity index (χ0v) is 5.58. The van der Waals surface area contributed by atoms with Gasteiger partial charge in [-0.05, 0) is 6.42 Å². The highest BCUT2D eigenvalue weighted by Gasteiger charge is 2.08. The first-order valence-corrected chi connectivity index (χ1v) is 2.97. The molecular formula is C6H11O4. The smallest absolute Gasteiger partial charge is 0.303 e. The van der Waals surface area contributed by atoms with Gasteiger partial charge < -0.3 is 15.3 Å². The fourth-order valence-corrected chi connectivity index (χ4v) is 0.492. The van der Waals surface area contributed by atoms with Crippen LogP contribution in [0.3, 0.4) is 0 Å². The largest absolute Gasteiger partial charge is 0.481 e. The van der Waals surface area contributed by atoms with Crippen LogP contribution < -0.4 is 0 Å². The van der Waals surface area contributed by atoms with Crippen LogP contribution in [-0.2, 0) is 4.79 Å². The molecule has 10 heavy (non-hydrogen) atoms. The molecule has 0 fully saturated rings. The van der Waals surface area contributed by atoms with E-state index >= 15 is 0 Å². The Hall–Kier alpha value is -0.610. The van der Waals surface area contributed by atoms with Gasteiger partial charge in [-0.1, -0.05) is 0 Å². The Labute approximate surface area is 59.1 Å². The summed E-state index contributed by atoms with van der Waals surface area (Å²) in [5, 5.41) is 25.1. The van der Waals surface area contributed by atoms with Gasteiger partial charge in [0, 0.05) is 12.3 Å². The van der Waals surface area contributed by atoms with Crippen molar-refractivity contribution in [2.45, 2.75) is 12.8 Å². The summed E-state index contributed by atoms with van der Waals surface area (Å²) in [7, 11) is 0. The Bertz CT molecular complexity index is 97.9. The number of carboxylic acid groups (broad SMARTS) is 1. The van der Waals surface area contributed by atoms with Gasteiger partial charge in [0.05, 0.1) is 13.2 Å². The second kappa shape index (κ2) is 5.20. The lowest BCUT2D eigenvalue weighted by Gasteiger charge is -2.06. The van der Waals surface area contributed by atoms with Crippen molar-refractivity contribution in [3.8, 4) is 0 Å². The average Bonchev–Trinajstić information content (AvgIpc) is 1.90. The van der Waals surface area contributed by atoms with Crippen molar-refractivity contribution in [1.29, 1.82) is 0 Å². The number of aliphatic hydroxyl groups is 2. The fraction of sp³-hybridized carbons (Fsp3) is 0.667. The molecule has 0 saturated heterocycles. The molecule has 0 heterocycles. The minimum atomic E-state index is -0.917. The zero-order chi connectivity index (χ0) is 7.98. The van der Waals surface area contributed by atoms with E-state index in [1.54, 1.807) is 0 Å². The molecule has 0 aliphatic carbocycles. The molecule has 4 heteroatoms. The van der Waals surface area contributed by atoms with Gasteiger partial charge >= 0.3 is 5.97 Å². The van der Waals surface area contributed by atoms with Gasteiger partial charge in [0.15, 0.2) is 0 Å². The molecule has 1 radical (unpaired) electrons. The van der Waals surface area contributed by atoms with Crippen LogP contribution in [0.2, 0.25) is 0 Å². The van der Waals surface area contributed by atoms with E-state index in [2.05, 4.69) is 0 Å². The third-order valence-electron chi connectivity index (χ3n) is 1.14. The van der Waals surface area contributed by atoms with E-state index in [0.717, 1.165) is 0 Å². The van der Waals surface area contributed by atoms with Crippen LogP contribution in [0.1, 0.15) is 12.8 Å². The van der Waals surface area contributed by atoms with Gasteiger partial charge in [-0.2, -0.15) is 0 Å². The normalized spacial score (nSPS) is 10.3. The number of carbonyl (C=O) groups is 1. The Morgan fingerprint density at radius 2 is 1.60 bits per heavy atom. The predicted molar refractivity (Wildman–Crippen MR) is 34.3 cm³/mol. The first-order valence-electron chi connectivity index (χ1n) is 2.97. The van der Waals surface area contributed by atoms with E-state index in [1.807, 2.05) is 0 Å². The van der Waals surface area contributed by atoms with Gasteiger partial charge in [-0.25, -0.2) is 0 Å². The summed E-state index contributed by atoms with van der Waals surface area (Å²) in [6, 6.07) is 0. The van der Waals surface area contributed by atoms with Crippen LogP contribution in [0.5, 0.6) is 0 Å². The first kappa shape index (κ1) is 9.39. The molecule has 0 saturated carbocycles. The Kier molecular flexibility index (Phi) is 4.88. The van der Waals surface area contributed by atoms with Crippen LogP contribution in [0.25, 0.3) is 0 Å². The van der Waals surface area contributed by atoms with E-state index in [-0.39, 0.29) is 26.1 Å². The number of carboxylic acids is 1. The minimum absolute atomic E-state index is 0.0313. The van der Waals surface area contributed by atoms with Crippen molar-refractivity contribution in [2.75, 3.05) is 13.2 Å². The lowest BCUT2D eigenvalue weighted by molar-refractivity contribution is -0.137. The standard InChI is InChI=1S/C6H11O4/c7-3-5(4-8)1-2-6(9)10/h7-8H,1-4H2,(H,9,10). The molecule has 0 unspecified atom stereocenters. The number of aliphatic carboxylic acids is 1. The highest BCUT2D eigenvalue weighted by Crippen LogP contribution is 2.06. The van der Waals surface area contributed by atoms with Crippen molar-refractivity contribution in [3.05, 3.63) is 5.92 Å². The average molecular weight is 147 g/mol. The fourth-order valence-electron chi connectivity index (χ4n) is 0.492. The second-order valence-electron chi connectivity index (χ2n) is 1.96. The molecule has 0 bridgehead atoms. The summed E-state index contributed by atoms with van der Waals surface area (Å²) in [5.41, 5.74) is 0. The Balaban J connectivity index is 3.34. The van der Waals surface area contributed by atoms with Crippen molar-refractivity contribution in [3.63, 3.8) is 0 Å². The molecule has 0 aliphatic rings. The van der Waals surface area contributed by atoms with Gasteiger partial charge in [0.1, 0.15) is 0 Å². The van der Waals surface area contributed by atoms with E-state index in [9.17, 15) is 4.79 Å². The lowest BCUT2D eigenvalue weighted by Crippen LogP contribution is -2.10. The Morgan fingerprint density at radius 1 is 1.10 bits per heavy atom. The molecule has 0 aromatic rings. The van der Waals surface area contributed by atoms with Crippen LogP contribution in [-0.4, -0.2) is 34.5 Å². The quantitative estimate of drug-likeness (QED) is 0.485. The van der Waals surface area contributed by atoms with E-state index in [0.29, 0.717) is 5.92 Å². The topological polar surface area (TPSA) is 77.8 Å². The van der Waals surface area contributed by atoms with Gasteiger partial charge in [-0.3, -0.25) is 4.79 Å². The van der Waals surface area contributed by atoms with Crippen LogP contribution in [0.4, 0.5) is 0 Å². The zero-order valence-electron chi connectivity index (χ0n) is 5.58. The lowest BCUT2D eigenvalue weighted by atomic mass is 10.1. The van der Waals surface area contributed by atoms with Crippen molar-refractivity contribution in [2.24, 2.45) is 0 Å². The van der Waals surface area contributed by atoms with E-state index in [4.69, 9.17) is 15.3 Å². The molecule has 0 rings (SSSR count). The maximum absolute atomic E-state index is 9.96. The van der Waals surface area contributed by atoms with Crippen molar-refractivity contribution >= 4 is 5.97 Å². The summed E-state index contributed by atoms with van der Waals surface area (Å²) in [5.74, 6) is -0.457. The third-order valence-corrected chi connectivity index (χ3v) is 1.14. The SMILES string of the molecule is O=C(O)CC[C](CO)CO. The van der Waals surface area contributed by atoms with Crippen molar-refractivity contribution in [1.82, 2.24) is 0 Å². The molecule has 0 spiro atoms. The molecule has 59 valence electrons. The van der Waals surface area contributed by atoms with Crippen LogP contribution >= 0.6 is 0 Å². The molecule has 0 aromatic heterocycles. The van der Waals surface area contributed by atoms with Gasteiger partial charge in [0.25, 0.3) is 0 Å². The molecule has 0 aliphatic heterocycles. The van der Waals surface area contributed by atoms with Crippen molar-refractivity contribution < 1.29 is 20.1 Å². The molecule has 4 nitrogen and oxygen atoms in total. The van der Waals surface area contributed by atoms with Crippen LogP contribution in [0, 0.1) is 5.92 Å². The van der Waals surface area contributed by atoms with Crippen LogP contribution in [0.15, 0.2) is 0 Å². The molecular weight excluding hydrogens is 136 g/mol. The molecule has 0 amide bonds.